The van der Waals surface area contributed by atoms with E-state index < -0.39 is 0 Å². The van der Waals surface area contributed by atoms with E-state index in [2.05, 4.69) is 210 Å². The zero-order valence-corrected chi connectivity index (χ0v) is 34.8. The number of benzene rings is 9. The van der Waals surface area contributed by atoms with Gasteiger partial charge in [-0.1, -0.05) is 165 Å². The van der Waals surface area contributed by atoms with Crippen molar-refractivity contribution in [3.63, 3.8) is 0 Å². The second-order valence-corrected chi connectivity index (χ2v) is 17.7. The third-order valence-corrected chi connectivity index (χ3v) is 14.4. The number of anilines is 3. The molecule has 292 valence electrons. The van der Waals surface area contributed by atoms with Crippen molar-refractivity contribution in [3.8, 4) is 27.9 Å². The summed E-state index contributed by atoms with van der Waals surface area (Å²) in [6.45, 7) is 0. The molecule has 0 saturated heterocycles. The van der Waals surface area contributed by atoms with Crippen molar-refractivity contribution < 1.29 is 0 Å². The zero-order chi connectivity index (χ0) is 40.3. The number of fused-ring (bicyclic) bond motifs is 7. The molecule has 2 nitrogen and oxygen atoms in total. The van der Waals surface area contributed by atoms with E-state index in [1.807, 2.05) is 11.3 Å². The average Bonchev–Trinajstić information content (AvgIpc) is 3.88. The highest BCUT2D eigenvalue weighted by atomic mass is 32.1. The Bertz CT molecular complexity index is 3420. The summed E-state index contributed by atoms with van der Waals surface area (Å²) in [6, 6.07) is 74.5. The van der Waals surface area contributed by atoms with Gasteiger partial charge in [0, 0.05) is 43.1 Å². The molecule has 1 aliphatic rings. The second-order valence-electron chi connectivity index (χ2n) is 16.6. The monoisotopic (exact) mass is 800 g/mol. The normalized spacial score (nSPS) is 13.5. The fraction of sp³-hybridized carbons (Fsp3) is 0.103. The first-order valence-electron chi connectivity index (χ1n) is 21.8. The lowest BCUT2D eigenvalue weighted by atomic mass is 9.80. The van der Waals surface area contributed by atoms with Gasteiger partial charge in [0.1, 0.15) is 0 Å². The highest BCUT2D eigenvalue weighted by Crippen LogP contribution is 2.51. The van der Waals surface area contributed by atoms with Gasteiger partial charge in [-0.15, -0.1) is 11.3 Å². The first-order valence-corrected chi connectivity index (χ1v) is 22.6. The van der Waals surface area contributed by atoms with E-state index in [1.54, 1.807) is 0 Å². The van der Waals surface area contributed by atoms with Crippen LogP contribution in [0.1, 0.15) is 43.6 Å². The summed E-state index contributed by atoms with van der Waals surface area (Å²) in [5.74, 6) is 0.581. The Morgan fingerprint density at radius 2 is 1.07 bits per heavy atom. The van der Waals surface area contributed by atoms with Gasteiger partial charge in [-0.3, -0.25) is 0 Å². The SMILES string of the molecule is c1ccc(-n2c3ccccc3c3cc(-c4ccccc4N(c4ccccc4-c4cccc5cccc(C6CCCCC6)c45)c4cccc5c4sc4ccccc45)ccc32)cc1. The third kappa shape index (κ3) is 5.98. The number of aromatic nitrogens is 1. The molecule has 0 atom stereocenters. The number of hydrogen-bond donors (Lipinski definition) is 0. The summed E-state index contributed by atoms with van der Waals surface area (Å²) in [6.07, 6.45) is 6.48. The molecule has 1 aliphatic carbocycles. The molecule has 61 heavy (non-hydrogen) atoms. The molecule has 0 amide bonds. The van der Waals surface area contributed by atoms with Gasteiger partial charge in [0.15, 0.2) is 0 Å². The summed E-state index contributed by atoms with van der Waals surface area (Å²) < 4.78 is 4.99. The van der Waals surface area contributed by atoms with E-state index in [0.717, 1.165) is 5.69 Å². The summed E-state index contributed by atoms with van der Waals surface area (Å²) in [5, 5.41) is 7.81. The lowest BCUT2D eigenvalue weighted by Crippen LogP contribution is -2.13. The van der Waals surface area contributed by atoms with Crippen molar-refractivity contribution in [1.82, 2.24) is 4.57 Å². The van der Waals surface area contributed by atoms with Crippen LogP contribution in [0.3, 0.4) is 0 Å². The highest BCUT2D eigenvalue weighted by Gasteiger charge is 2.26. The molecule has 11 aromatic rings. The van der Waals surface area contributed by atoms with Gasteiger partial charge < -0.3 is 9.47 Å². The van der Waals surface area contributed by atoms with Gasteiger partial charge in [0.25, 0.3) is 0 Å². The van der Waals surface area contributed by atoms with Crippen LogP contribution in [0.15, 0.2) is 200 Å². The standard InChI is InChI=1S/C58H44N2S/c1-3-18-39(19-4-1)44-28-15-20-40-21-16-29-48(57(40)44)45-25-8-13-33-53(45)60(55-34-17-30-49-47-27-10-14-35-56(47)61-58(49)55)51-31-11-7-24-43(51)41-36-37-54-50(38-41)46-26-9-12-32-52(46)59(54)42-22-5-2-6-23-42/h2,5-17,20-39H,1,3-4,18-19H2. The Balaban J connectivity index is 1.12. The maximum absolute atomic E-state index is 2.57. The predicted molar refractivity (Wildman–Crippen MR) is 263 cm³/mol. The molecule has 0 aliphatic heterocycles. The predicted octanol–water partition coefficient (Wildman–Crippen LogP) is 17.2. The van der Waals surface area contributed by atoms with Crippen molar-refractivity contribution in [2.45, 2.75) is 38.0 Å². The Hall–Kier alpha value is -6.94. The molecule has 9 aromatic carbocycles. The van der Waals surface area contributed by atoms with Crippen molar-refractivity contribution >= 4 is 81.1 Å². The molecule has 0 N–H and O–H groups in total. The van der Waals surface area contributed by atoms with Crippen LogP contribution in [0.4, 0.5) is 17.1 Å². The molecule has 0 unspecified atom stereocenters. The van der Waals surface area contributed by atoms with E-state index in [9.17, 15) is 0 Å². The summed E-state index contributed by atoms with van der Waals surface area (Å²) in [4.78, 5) is 2.57. The average molecular weight is 801 g/mol. The topological polar surface area (TPSA) is 8.17 Å². The van der Waals surface area contributed by atoms with Gasteiger partial charge >= 0.3 is 0 Å². The minimum absolute atomic E-state index is 0.581. The van der Waals surface area contributed by atoms with Crippen molar-refractivity contribution in [2.75, 3.05) is 4.90 Å². The summed E-state index contributed by atoms with van der Waals surface area (Å²) in [7, 11) is 0. The van der Waals surface area contributed by atoms with Crippen LogP contribution in [0.25, 0.3) is 80.7 Å². The first kappa shape index (κ1) is 36.0. The quantitative estimate of drug-likeness (QED) is 0.156. The smallest absolute Gasteiger partial charge is 0.0640 e. The highest BCUT2D eigenvalue weighted by molar-refractivity contribution is 7.26. The van der Waals surface area contributed by atoms with Gasteiger partial charge in [0.05, 0.1) is 32.8 Å². The largest absolute Gasteiger partial charge is 0.309 e. The molecule has 1 fully saturated rings. The Morgan fingerprint density at radius 3 is 1.92 bits per heavy atom. The lowest BCUT2D eigenvalue weighted by molar-refractivity contribution is 0.445. The molecular weight excluding hydrogens is 757 g/mol. The van der Waals surface area contributed by atoms with Gasteiger partial charge in [-0.2, -0.15) is 0 Å². The maximum Gasteiger partial charge on any atom is 0.0640 e. The molecule has 12 rings (SSSR count). The molecule has 2 heterocycles. The number of rotatable bonds is 7. The molecule has 3 heteroatoms. The number of thiophene rings is 1. The van der Waals surface area contributed by atoms with E-state index in [-0.39, 0.29) is 0 Å². The molecular formula is C58H44N2S. The fourth-order valence-electron chi connectivity index (χ4n) is 10.5. The minimum atomic E-state index is 0.581. The van der Waals surface area contributed by atoms with Gasteiger partial charge in [-0.05, 0) is 101 Å². The van der Waals surface area contributed by atoms with E-state index in [1.165, 1.54) is 130 Å². The maximum atomic E-state index is 2.57. The Kier molecular flexibility index (Phi) is 8.82. The molecule has 0 bridgehead atoms. The number of hydrogen-bond acceptors (Lipinski definition) is 2. The van der Waals surface area contributed by atoms with Crippen LogP contribution < -0.4 is 4.90 Å². The number of nitrogens with zero attached hydrogens (tertiary/aromatic N) is 2. The van der Waals surface area contributed by atoms with Crippen molar-refractivity contribution in [1.29, 1.82) is 0 Å². The molecule has 1 saturated carbocycles. The molecule has 2 aromatic heterocycles. The van der Waals surface area contributed by atoms with Crippen LogP contribution >= 0.6 is 11.3 Å². The molecule has 0 spiro atoms. The summed E-state index contributed by atoms with van der Waals surface area (Å²) in [5.41, 5.74) is 13.5. The second kappa shape index (κ2) is 15.0. The van der Waals surface area contributed by atoms with Crippen LogP contribution in [-0.2, 0) is 0 Å². The van der Waals surface area contributed by atoms with Gasteiger partial charge in [-0.25, -0.2) is 0 Å². The Morgan fingerprint density at radius 1 is 0.443 bits per heavy atom. The number of para-hydroxylation sites is 4. The minimum Gasteiger partial charge on any atom is -0.309 e. The van der Waals surface area contributed by atoms with Gasteiger partial charge in [0.2, 0.25) is 0 Å². The first-order chi connectivity index (χ1) is 30.3. The van der Waals surface area contributed by atoms with E-state index in [4.69, 9.17) is 0 Å². The summed E-state index contributed by atoms with van der Waals surface area (Å²) >= 11 is 1.89. The Labute approximate surface area is 360 Å². The van der Waals surface area contributed by atoms with E-state index >= 15 is 0 Å². The van der Waals surface area contributed by atoms with Crippen molar-refractivity contribution in [3.05, 3.63) is 206 Å². The van der Waals surface area contributed by atoms with Crippen LogP contribution in [-0.4, -0.2) is 4.57 Å². The lowest BCUT2D eigenvalue weighted by Gasteiger charge is -2.31. The van der Waals surface area contributed by atoms with Crippen LogP contribution in [0, 0.1) is 0 Å². The third-order valence-electron chi connectivity index (χ3n) is 13.2. The molecule has 0 radical (unpaired) electrons. The van der Waals surface area contributed by atoms with E-state index in [0.29, 0.717) is 5.92 Å². The zero-order valence-electron chi connectivity index (χ0n) is 34.0. The van der Waals surface area contributed by atoms with Crippen LogP contribution in [0.2, 0.25) is 0 Å². The van der Waals surface area contributed by atoms with Crippen molar-refractivity contribution in [2.24, 2.45) is 0 Å². The van der Waals surface area contributed by atoms with Crippen LogP contribution in [0.5, 0.6) is 0 Å². The fourth-order valence-corrected chi connectivity index (χ4v) is 11.7.